The number of hydrogen-bond acceptors (Lipinski definition) is 3. The second-order valence-electron chi connectivity index (χ2n) is 4.76. The molecule has 0 radical (unpaired) electrons. The second kappa shape index (κ2) is 7.64. The van der Waals surface area contributed by atoms with E-state index in [9.17, 15) is 0 Å². The molecule has 2 aromatic rings. The standard InChI is InChI=1S/C17H17NO2.C2H6/c1-19-16-9-13-8-15(12-6-4-3-5-7-12)18-11-14(13)10-17(16)20-2;1-2/h4,6-11H,3,5H2,1-2H3;1-2H3. The van der Waals surface area contributed by atoms with E-state index in [1.807, 2.05) is 32.2 Å². The molecule has 0 saturated carbocycles. The molecule has 0 aliphatic heterocycles. The van der Waals surface area contributed by atoms with Gasteiger partial charge in [0, 0.05) is 11.6 Å². The zero-order chi connectivity index (χ0) is 15.9. The minimum atomic E-state index is 0.728. The van der Waals surface area contributed by atoms with Gasteiger partial charge in [-0.3, -0.25) is 4.98 Å². The van der Waals surface area contributed by atoms with Crippen molar-refractivity contribution in [2.45, 2.75) is 26.7 Å². The molecule has 1 heterocycles. The number of ether oxygens (including phenoxy) is 2. The summed E-state index contributed by atoms with van der Waals surface area (Å²) >= 11 is 0. The minimum Gasteiger partial charge on any atom is -0.493 e. The van der Waals surface area contributed by atoms with Crippen LogP contribution in [0.1, 0.15) is 32.4 Å². The molecule has 0 unspecified atom stereocenters. The number of methoxy groups -OCH3 is 2. The lowest BCUT2D eigenvalue weighted by Gasteiger charge is -2.11. The summed E-state index contributed by atoms with van der Waals surface area (Å²) in [5.74, 6) is 1.47. The average Bonchev–Trinajstić information content (AvgIpc) is 2.62. The van der Waals surface area contributed by atoms with Crippen LogP contribution in [0.2, 0.25) is 0 Å². The summed E-state index contributed by atoms with van der Waals surface area (Å²) in [7, 11) is 3.29. The Bertz CT molecular complexity index is 702. The summed E-state index contributed by atoms with van der Waals surface area (Å²) in [5.41, 5.74) is 2.19. The third kappa shape index (κ3) is 3.30. The quantitative estimate of drug-likeness (QED) is 0.798. The Morgan fingerprint density at radius 2 is 1.59 bits per heavy atom. The van der Waals surface area contributed by atoms with Gasteiger partial charge in [0.15, 0.2) is 11.5 Å². The van der Waals surface area contributed by atoms with Crippen molar-refractivity contribution < 1.29 is 9.47 Å². The number of hydrogen-bond donors (Lipinski definition) is 0. The van der Waals surface area contributed by atoms with E-state index in [0.717, 1.165) is 40.8 Å². The molecule has 22 heavy (non-hydrogen) atoms. The molecule has 3 nitrogen and oxygen atoms in total. The zero-order valence-electron chi connectivity index (χ0n) is 13.7. The maximum Gasteiger partial charge on any atom is 0.161 e. The molecule has 1 aliphatic carbocycles. The van der Waals surface area contributed by atoms with Crippen LogP contribution in [-0.2, 0) is 0 Å². The van der Waals surface area contributed by atoms with E-state index >= 15 is 0 Å². The molecule has 3 heteroatoms. The summed E-state index contributed by atoms with van der Waals surface area (Å²) in [5, 5.41) is 2.15. The van der Waals surface area contributed by atoms with Crippen molar-refractivity contribution in [1.29, 1.82) is 0 Å². The fourth-order valence-electron chi connectivity index (χ4n) is 2.43. The molecule has 1 aromatic carbocycles. The number of aromatic nitrogens is 1. The smallest absolute Gasteiger partial charge is 0.161 e. The number of nitrogens with zero attached hydrogens (tertiary/aromatic N) is 1. The van der Waals surface area contributed by atoms with Gasteiger partial charge >= 0.3 is 0 Å². The van der Waals surface area contributed by atoms with Crippen LogP contribution in [0.25, 0.3) is 16.3 Å². The van der Waals surface area contributed by atoms with Crippen LogP contribution >= 0.6 is 0 Å². The van der Waals surface area contributed by atoms with Crippen molar-refractivity contribution in [1.82, 2.24) is 4.98 Å². The predicted molar refractivity (Wildman–Crippen MR) is 92.5 cm³/mol. The van der Waals surface area contributed by atoms with Crippen LogP contribution in [-0.4, -0.2) is 19.2 Å². The number of benzene rings is 1. The molecule has 116 valence electrons. The third-order valence-corrected chi connectivity index (χ3v) is 3.51. The third-order valence-electron chi connectivity index (χ3n) is 3.51. The summed E-state index contributed by atoms with van der Waals surface area (Å²) in [4.78, 5) is 4.55. The molecule has 1 aromatic heterocycles. The first-order valence-electron chi connectivity index (χ1n) is 7.70. The minimum absolute atomic E-state index is 0.728. The van der Waals surface area contributed by atoms with Crippen LogP contribution in [0, 0.1) is 0 Å². The van der Waals surface area contributed by atoms with Crippen LogP contribution in [0.3, 0.4) is 0 Å². The molecule has 0 fully saturated rings. The summed E-state index contributed by atoms with van der Waals surface area (Å²) < 4.78 is 10.7. The first kappa shape index (κ1) is 16.1. The van der Waals surface area contributed by atoms with Gasteiger partial charge in [0.1, 0.15) is 0 Å². The fraction of sp³-hybridized carbons (Fsp3) is 0.316. The maximum absolute atomic E-state index is 5.36. The molecule has 0 saturated heterocycles. The lowest BCUT2D eigenvalue weighted by atomic mass is 10.0. The first-order valence-corrected chi connectivity index (χ1v) is 7.70. The molecule has 1 aliphatic rings. The predicted octanol–water partition coefficient (Wildman–Crippen LogP) is 5.01. The Hall–Kier alpha value is -2.29. The maximum atomic E-state index is 5.36. The molecule has 0 bridgehead atoms. The lowest BCUT2D eigenvalue weighted by molar-refractivity contribution is 0.356. The van der Waals surface area contributed by atoms with Gasteiger partial charge in [0.05, 0.1) is 19.9 Å². The van der Waals surface area contributed by atoms with E-state index in [1.54, 1.807) is 14.2 Å². The molecule has 0 spiro atoms. The highest BCUT2D eigenvalue weighted by Crippen LogP contribution is 2.33. The van der Waals surface area contributed by atoms with Gasteiger partial charge in [-0.25, -0.2) is 0 Å². The van der Waals surface area contributed by atoms with Gasteiger partial charge in [0.2, 0.25) is 0 Å². The summed E-state index contributed by atoms with van der Waals surface area (Å²) in [6, 6.07) is 6.04. The highest BCUT2D eigenvalue weighted by Gasteiger charge is 2.08. The highest BCUT2D eigenvalue weighted by molar-refractivity contribution is 5.88. The van der Waals surface area contributed by atoms with Crippen molar-refractivity contribution in [2.75, 3.05) is 14.2 Å². The Morgan fingerprint density at radius 1 is 0.909 bits per heavy atom. The van der Waals surface area contributed by atoms with Gasteiger partial charge in [-0.2, -0.15) is 0 Å². The van der Waals surface area contributed by atoms with Gasteiger partial charge in [-0.05, 0) is 42.0 Å². The second-order valence-corrected chi connectivity index (χ2v) is 4.76. The van der Waals surface area contributed by atoms with Gasteiger partial charge < -0.3 is 9.47 Å². The van der Waals surface area contributed by atoms with Gasteiger partial charge in [-0.1, -0.05) is 32.1 Å². The summed E-state index contributed by atoms with van der Waals surface area (Å²) in [6.45, 7) is 4.00. The van der Waals surface area contributed by atoms with Gasteiger partial charge in [-0.15, -0.1) is 0 Å². The van der Waals surface area contributed by atoms with Gasteiger partial charge in [0.25, 0.3) is 0 Å². The van der Waals surface area contributed by atoms with Crippen molar-refractivity contribution in [3.05, 3.63) is 48.3 Å². The average molecular weight is 297 g/mol. The van der Waals surface area contributed by atoms with Crippen molar-refractivity contribution in [2.24, 2.45) is 0 Å². The normalized spacial score (nSPS) is 13.2. The number of pyridine rings is 1. The molecule has 0 atom stereocenters. The van der Waals surface area contributed by atoms with Crippen LogP contribution < -0.4 is 9.47 Å². The van der Waals surface area contributed by atoms with E-state index in [2.05, 4.69) is 29.3 Å². The monoisotopic (exact) mass is 297 g/mol. The van der Waals surface area contributed by atoms with Crippen molar-refractivity contribution in [3.8, 4) is 11.5 Å². The van der Waals surface area contributed by atoms with E-state index in [4.69, 9.17) is 9.47 Å². The topological polar surface area (TPSA) is 31.4 Å². The van der Waals surface area contributed by atoms with E-state index in [-0.39, 0.29) is 0 Å². The highest BCUT2D eigenvalue weighted by atomic mass is 16.5. The van der Waals surface area contributed by atoms with Crippen molar-refractivity contribution >= 4 is 16.3 Å². The summed E-state index contributed by atoms with van der Waals surface area (Å²) in [6.07, 6.45) is 10.6. The fourth-order valence-corrected chi connectivity index (χ4v) is 2.43. The number of fused-ring (bicyclic) bond motifs is 1. The number of rotatable bonds is 3. The Balaban J connectivity index is 0.000000847. The lowest BCUT2D eigenvalue weighted by Crippen LogP contribution is -1.93. The molecule has 0 amide bonds. The van der Waals surface area contributed by atoms with Crippen LogP contribution in [0.15, 0.2) is 42.6 Å². The molecular formula is C19H23NO2. The van der Waals surface area contributed by atoms with Crippen LogP contribution in [0.4, 0.5) is 0 Å². The Kier molecular flexibility index (Phi) is 5.59. The van der Waals surface area contributed by atoms with Crippen molar-refractivity contribution in [3.63, 3.8) is 0 Å². The zero-order valence-corrected chi connectivity index (χ0v) is 13.7. The Morgan fingerprint density at radius 3 is 2.18 bits per heavy atom. The SMILES string of the molecule is CC.COc1cc2cnc(C3=CCCC=C3)cc2cc1OC. The van der Waals surface area contributed by atoms with E-state index < -0.39 is 0 Å². The molecule has 0 N–H and O–H groups in total. The van der Waals surface area contributed by atoms with E-state index in [1.165, 1.54) is 5.57 Å². The Labute approximate surface area is 132 Å². The largest absolute Gasteiger partial charge is 0.493 e. The van der Waals surface area contributed by atoms with E-state index in [0.29, 0.717) is 0 Å². The number of allylic oxidation sites excluding steroid dienone is 4. The van der Waals surface area contributed by atoms with Crippen LogP contribution in [0.5, 0.6) is 11.5 Å². The molecular weight excluding hydrogens is 274 g/mol. The first-order chi connectivity index (χ1) is 10.8. The molecule has 3 rings (SSSR count).